The summed E-state index contributed by atoms with van der Waals surface area (Å²) in [5, 5.41) is 0. The lowest BCUT2D eigenvalue weighted by molar-refractivity contribution is 0.125. The Hall–Kier alpha value is 0.690. The zero-order chi connectivity index (χ0) is 12.6. The first kappa shape index (κ1) is 17.7. The highest BCUT2D eigenvalue weighted by Crippen LogP contribution is 2.08. The Labute approximate surface area is 122 Å². The van der Waals surface area contributed by atoms with Crippen molar-refractivity contribution in [1.82, 2.24) is 0 Å². The van der Waals surface area contributed by atoms with Gasteiger partial charge < -0.3 is 4.74 Å². The van der Waals surface area contributed by atoms with Gasteiger partial charge >= 0.3 is 0 Å². The first-order valence-electron chi connectivity index (χ1n) is 7.55. The molecule has 0 radical (unpaired) electrons. The molecule has 0 fully saturated rings. The Bertz CT molecular complexity index is 114. The van der Waals surface area contributed by atoms with Crippen molar-refractivity contribution in [1.29, 1.82) is 0 Å². The van der Waals surface area contributed by atoms with Crippen molar-refractivity contribution in [2.45, 2.75) is 77.6 Å². The van der Waals surface area contributed by atoms with Crippen LogP contribution in [0.2, 0.25) is 0 Å². The quantitative estimate of drug-likeness (QED) is 0.219. The number of ether oxygens (including phenoxy) is 1. The molecule has 0 saturated heterocycles. The van der Waals surface area contributed by atoms with Crippen LogP contribution in [0.1, 0.15) is 77.6 Å². The third-order valence-corrected chi connectivity index (χ3v) is 3.83. The fraction of sp³-hybridized carbons (Fsp3) is 1.00. The van der Waals surface area contributed by atoms with E-state index in [1.807, 2.05) is 0 Å². The Kier molecular flexibility index (Phi) is 17.4. The van der Waals surface area contributed by atoms with Crippen LogP contribution >= 0.6 is 22.6 Å². The smallest absolute Gasteiger partial charge is 0.0466 e. The molecule has 0 amide bonds. The van der Waals surface area contributed by atoms with Crippen molar-refractivity contribution in [2.24, 2.45) is 0 Å². The highest BCUT2D eigenvalue weighted by molar-refractivity contribution is 14.1. The molecule has 0 aliphatic carbocycles. The van der Waals surface area contributed by atoms with Crippen molar-refractivity contribution in [3.05, 3.63) is 0 Å². The maximum absolute atomic E-state index is 5.62. The summed E-state index contributed by atoms with van der Waals surface area (Å²) in [5.41, 5.74) is 0. The van der Waals surface area contributed by atoms with Gasteiger partial charge in [0.05, 0.1) is 0 Å². The molecule has 0 aromatic heterocycles. The first-order valence-corrected chi connectivity index (χ1v) is 9.08. The maximum atomic E-state index is 5.62. The third-order valence-electron chi connectivity index (χ3n) is 3.06. The molecule has 0 heterocycles. The molecule has 104 valence electrons. The van der Waals surface area contributed by atoms with Gasteiger partial charge in [-0.1, -0.05) is 80.9 Å². The summed E-state index contributed by atoms with van der Waals surface area (Å²) in [7, 11) is 0. The first-order chi connectivity index (χ1) is 8.41. The summed E-state index contributed by atoms with van der Waals surface area (Å²) < 4.78 is 6.95. The molecule has 0 aliphatic heterocycles. The van der Waals surface area contributed by atoms with Gasteiger partial charge in [-0.05, 0) is 23.7 Å². The molecule has 0 unspecified atom stereocenters. The average Bonchev–Trinajstić information content (AvgIpc) is 2.35. The molecule has 0 atom stereocenters. The third kappa shape index (κ3) is 16.7. The lowest BCUT2D eigenvalue weighted by atomic mass is 10.1. The molecule has 0 aromatic carbocycles. The molecule has 0 spiro atoms. The highest BCUT2D eigenvalue weighted by Gasteiger charge is 1.93. The second-order valence-electron chi connectivity index (χ2n) is 4.84. The monoisotopic (exact) mass is 354 g/mol. The fourth-order valence-corrected chi connectivity index (χ4v) is 2.45. The van der Waals surface area contributed by atoms with Gasteiger partial charge in [0.15, 0.2) is 0 Å². The Morgan fingerprint density at radius 2 is 1.12 bits per heavy atom. The van der Waals surface area contributed by atoms with Gasteiger partial charge in [-0.25, -0.2) is 0 Å². The van der Waals surface area contributed by atoms with Crippen LogP contribution in [0.3, 0.4) is 0 Å². The lowest BCUT2D eigenvalue weighted by Gasteiger charge is -2.04. The number of unbranched alkanes of at least 4 members (excludes halogenated alkanes) is 9. The van der Waals surface area contributed by atoms with Crippen LogP contribution in [0.15, 0.2) is 0 Å². The minimum atomic E-state index is 0.982. The van der Waals surface area contributed by atoms with Gasteiger partial charge in [-0.2, -0.15) is 0 Å². The van der Waals surface area contributed by atoms with Crippen molar-refractivity contribution in [2.75, 3.05) is 17.6 Å². The molecule has 2 heteroatoms. The summed E-state index contributed by atoms with van der Waals surface area (Å²) >= 11 is 2.47. The van der Waals surface area contributed by atoms with Crippen LogP contribution in [0, 0.1) is 0 Å². The van der Waals surface area contributed by atoms with Crippen LogP contribution in [-0.4, -0.2) is 17.6 Å². The molecule has 0 bridgehead atoms. The summed E-state index contributed by atoms with van der Waals surface area (Å²) in [4.78, 5) is 0. The van der Waals surface area contributed by atoms with Crippen LogP contribution in [-0.2, 0) is 4.74 Å². The normalized spacial score (nSPS) is 10.9. The van der Waals surface area contributed by atoms with E-state index >= 15 is 0 Å². The van der Waals surface area contributed by atoms with E-state index in [4.69, 9.17) is 4.74 Å². The van der Waals surface area contributed by atoms with Crippen LogP contribution in [0.4, 0.5) is 0 Å². The molecule has 0 aromatic rings. The molecule has 0 N–H and O–H groups in total. The van der Waals surface area contributed by atoms with E-state index in [0.717, 1.165) is 13.2 Å². The number of hydrogen-bond donors (Lipinski definition) is 0. The minimum Gasteiger partial charge on any atom is -0.381 e. The standard InChI is InChI=1S/C15H31IO/c1-2-3-4-11-14-17-15-12-9-7-5-6-8-10-13-16/h2-15H2,1H3. The van der Waals surface area contributed by atoms with Gasteiger partial charge in [0.2, 0.25) is 0 Å². The zero-order valence-corrected chi connectivity index (χ0v) is 13.8. The van der Waals surface area contributed by atoms with E-state index in [1.54, 1.807) is 0 Å². The average molecular weight is 354 g/mol. The highest BCUT2D eigenvalue weighted by atomic mass is 127. The van der Waals surface area contributed by atoms with Crippen molar-refractivity contribution < 1.29 is 4.74 Å². The van der Waals surface area contributed by atoms with Crippen molar-refractivity contribution in [3.8, 4) is 0 Å². The predicted octanol–water partition coefficient (Wildman–Crippen LogP) is 5.75. The van der Waals surface area contributed by atoms with Gasteiger partial charge in [-0.3, -0.25) is 0 Å². The Morgan fingerprint density at radius 1 is 0.647 bits per heavy atom. The zero-order valence-electron chi connectivity index (χ0n) is 11.7. The van der Waals surface area contributed by atoms with E-state index in [-0.39, 0.29) is 0 Å². The number of halogens is 1. The second kappa shape index (κ2) is 16.7. The largest absolute Gasteiger partial charge is 0.381 e. The maximum Gasteiger partial charge on any atom is 0.0466 e. The van der Waals surface area contributed by atoms with E-state index in [2.05, 4.69) is 29.5 Å². The summed E-state index contributed by atoms with van der Waals surface area (Å²) in [5.74, 6) is 0. The molecule has 1 nitrogen and oxygen atoms in total. The number of alkyl halides is 1. The molecule has 0 saturated carbocycles. The van der Waals surface area contributed by atoms with E-state index in [0.29, 0.717) is 0 Å². The van der Waals surface area contributed by atoms with Gasteiger partial charge in [0.1, 0.15) is 0 Å². The topological polar surface area (TPSA) is 9.23 Å². The Balaban J connectivity index is 2.85. The second-order valence-corrected chi connectivity index (χ2v) is 5.92. The Morgan fingerprint density at radius 3 is 1.65 bits per heavy atom. The van der Waals surface area contributed by atoms with Gasteiger partial charge in [0, 0.05) is 13.2 Å². The molecule has 0 rings (SSSR count). The minimum absolute atomic E-state index is 0.982. The van der Waals surface area contributed by atoms with E-state index in [1.165, 1.54) is 75.1 Å². The molecule has 17 heavy (non-hydrogen) atoms. The molecule has 0 aliphatic rings. The van der Waals surface area contributed by atoms with E-state index in [9.17, 15) is 0 Å². The van der Waals surface area contributed by atoms with Crippen LogP contribution in [0.5, 0.6) is 0 Å². The SMILES string of the molecule is CCCCCCOCCCCCCCCCI. The summed E-state index contributed by atoms with van der Waals surface area (Å²) in [6, 6.07) is 0. The molecular formula is C15H31IO. The summed E-state index contributed by atoms with van der Waals surface area (Å²) in [6.45, 7) is 4.22. The molecular weight excluding hydrogens is 323 g/mol. The van der Waals surface area contributed by atoms with E-state index < -0.39 is 0 Å². The number of rotatable bonds is 14. The predicted molar refractivity (Wildman–Crippen MR) is 86.2 cm³/mol. The van der Waals surface area contributed by atoms with Crippen molar-refractivity contribution in [3.63, 3.8) is 0 Å². The fourth-order valence-electron chi connectivity index (χ4n) is 1.92. The lowest BCUT2D eigenvalue weighted by Crippen LogP contribution is -1.97. The van der Waals surface area contributed by atoms with Gasteiger partial charge in [0.25, 0.3) is 0 Å². The van der Waals surface area contributed by atoms with Crippen molar-refractivity contribution >= 4 is 22.6 Å². The van der Waals surface area contributed by atoms with Crippen LogP contribution in [0.25, 0.3) is 0 Å². The van der Waals surface area contributed by atoms with Crippen LogP contribution < -0.4 is 0 Å². The van der Waals surface area contributed by atoms with Gasteiger partial charge in [-0.15, -0.1) is 0 Å². The summed E-state index contributed by atoms with van der Waals surface area (Å²) in [6.07, 6.45) is 15.0. The number of hydrogen-bond acceptors (Lipinski definition) is 1.